The number of anilines is 1. The van der Waals surface area contributed by atoms with Crippen molar-refractivity contribution in [1.29, 1.82) is 0 Å². The van der Waals surface area contributed by atoms with Crippen molar-refractivity contribution in [2.75, 3.05) is 12.3 Å². The quantitative estimate of drug-likeness (QED) is 0.729. The van der Waals surface area contributed by atoms with E-state index in [4.69, 9.17) is 28.9 Å². The zero-order valence-corrected chi connectivity index (χ0v) is 11.6. The fraction of sp³-hybridized carbons (Fsp3) is 0.417. The summed E-state index contributed by atoms with van der Waals surface area (Å²) in [6, 6.07) is 2.93. The molecule has 1 unspecified atom stereocenters. The van der Waals surface area contributed by atoms with Crippen LogP contribution >= 0.6 is 23.2 Å². The van der Waals surface area contributed by atoms with Crippen molar-refractivity contribution in [3.63, 3.8) is 0 Å². The topological polar surface area (TPSA) is 75.3 Å². The maximum absolute atomic E-state index is 11.8. The number of nitrogen functional groups attached to an aromatic ring is 1. The van der Waals surface area contributed by atoms with Crippen molar-refractivity contribution in [2.24, 2.45) is 0 Å². The average molecular weight is 291 g/mol. The third-order valence-corrected chi connectivity index (χ3v) is 3.20. The number of benzene rings is 1. The molecule has 0 aliphatic heterocycles. The Morgan fingerprint density at radius 1 is 1.44 bits per heavy atom. The Balaban J connectivity index is 2.62. The van der Waals surface area contributed by atoms with Crippen molar-refractivity contribution in [3.05, 3.63) is 27.7 Å². The van der Waals surface area contributed by atoms with Crippen LogP contribution in [-0.2, 0) is 0 Å². The summed E-state index contributed by atoms with van der Waals surface area (Å²) < 4.78 is 0. The zero-order chi connectivity index (χ0) is 13.7. The van der Waals surface area contributed by atoms with Crippen molar-refractivity contribution >= 4 is 34.8 Å². The molecular weight excluding hydrogens is 275 g/mol. The van der Waals surface area contributed by atoms with Gasteiger partial charge in [0.25, 0.3) is 5.91 Å². The summed E-state index contributed by atoms with van der Waals surface area (Å²) in [5.41, 5.74) is 6.19. The van der Waals surface area contributed by atoms with Crippen LogP contribution < -0.4 is 11.1 Å². The van der Waals surface area contributed by atoms with E-state index in [9.17, 15) is 9.90 Å². The molecule has 0 fully saturated rings. The molecule has 0 saturated heterocycles. The van der Waals surface area contributed by atoms with Crippen molar-refractivity contribution in [2.45, 2.75) is 25.9 Å². The van der Waals surface area contributed by atoms with E-state index in [1.165, 1.54) is 12.1 Å². The van der Waals surface area contributed by atoms with Gasteiger partial charge in [-0.15, -0.1) is 0 Å². The Morgan fingerprint density at radius 3 is 2.50 bits per heavy atom. The lowest BCUT2D eigenvalue weighted by molar-refractivity contribution is 0.0942. The van der Waals surface area contributed by atoms with Crippen LogP contribution in [0.25, 0.3) is 0 Å². The van der Waals surface area contributed by atoms with E-state index in [-0.39, 0.29) is 21.6 Å². The smallest absolute Gasteiger partial charge is 0.251 e. The van der Waals surface area contributed by atoms with Crippen molar-refractivity contribution in [1.82, 2.24) is 5.32 Å². The molecular formula is C12H16Cl2N2O2. The van der Waals surface area contributed by atoms with Gasteiger partial charge in [-0.05, 0) is 25.0 Å². The molecule has 100 valence electrons. The Hall–Kier alpha value is -0.970. The molecule has 1 aromatic rings. The molecule has 0 spiro atoms. The third kappa shape index (κ3) is 4.05. The number of carbonyl (C=O) groups is 1. The van der Waals surface area contributed by atoms with Gasteiger partial charge < -0.3 is 16.2 Å². The predicted molar refractivity (Wildman–Crippen MR) is 74.1 cm³/mol. The first-order valence-electron chi connectivity index (χ1n) is 5.66. The van der Waals surface area contributed by atoms with Crippen LogP contribution in [-0.4, -0.2) is 23.7 Å². The number of nitrogens with two attached hydrogens (primary N) is 1. The van der Waals surface area contributed by atoms with Gasteiger partial charge in [-0.1, -0.05) is 30.1 Å². The maximum atomic E-state index is 11.8. The number of aliphatic hydroxyl groups excluding tert-OH is 1. The summed E-state index contributed by atoms with van der Waals surface area (Å²) in [7, 11) is 0. The SMILES string of the molecule is CCC(O)CCNC(=O)c1cc(Cl)c(N)c(Cl)c1. The number of halogens is 2. The number of rotatable bonds is 5. The normalized spacial score (nSPS) is 12.2. The standard InChI is InChI=1S/C12H16Cl2N2O2/c1-2-8(17)3-4-16-12(18)7-5-9(13)11(15)10(14)6-7/h5-6,8,17H,2-4,15H2,1H3,(H,16,18). The minimum absolute atomic E-state index is 0.251. The van der Waals surface area contributed by atoms with E-state index in [1.54, 1.807) is 0 Å². The van der Waals surface area contributed by atoms with Crippen molar-refractivity contribution in [3.8, 4) is 0 Å². The molecule has 0 aliphatic rings. The first-order chi connectivity index (χ1) is 8.45. The summed E-state index contributed by atoms with van der Waals surface area (Å²) in [5, 5.41) is 12.5. The van der Waals surface area contributed by atoms with Gasteiger partial charge in [0.2, 0.25) is 0 Å². The van der Waals surface area contributed by atoms with Crippen LogP contribution in [0.5, 0.6) is 0 Å². The van der Waals surface area contributed by atoms with Gasteiger partial charge in [-0.3, -0.25) is 4.79 Å². The molecule has 0 heterocycles. The van der Waals surface area contributed by atoms with E-state index in [2.05, 4.69) is 5.32 Å². The molecule has 0 aliphatic carbocycles. The minimum atomic E-state index is -0.399. The summed E-state index contributed by atoms with van der Waals surface area (Å²) in [6.45, 7) is 2.28. The lowest BCUT2D eigenvalue weighted by Crippen LogP contribution is -2.27. The first-order valence-corrected chi connectivity index (χ1v) is 6.42. The van der Waals surface area contributed by atoms with Gasteiger partial charge in [-0.25, -0.2) is 0 Å². The molecule has 1 rings (SSSR count). The van der Waals surface area contributed by atoms with Crippen LogP contribution in [0.2, 0.25) is 10.0 Å². The second kappa shape index (κ2) is 6.83. The predicted octanol–water partition coefficient (Wildman–Crippen LogP) is 2.47. The van der Waals surface area contributed by atoms with Crippen LogP contribution in [0.3, 0.4) is 0 Å². The van der Waals surface area contributed by atoms with E-state index in [0.29, 0.717) is 24.9 Å². The van der Waals surface area contributed by atoms with E-state index in [1.807, 2.05) is 6.92 Å². The summed E-state index contributed by atoms with van der Waals surface area (Å²) in [4.78, 5) is 11.8. The van der Waals surface area contributed by atoms with E-state index >= 15 is 0 Å². The van der Waals surface area contributed by atoms with Crippen LogP contribution in [0.15, 0.2) is 12.1 Å². The summed E-state index contributed by atoms with van der Waals surface area (Å²) in [5.74, 6) is -0.290. The fourth-order valence-electron chi connectivity index (χ4n) is 1.37. The molecule has 18 heavy (non-hydrogen) atoms. The number of nitrogens with one attached hydrogen (secondary N) is 1. The Morgan fingerprint density at radius 2 is 2.00 bits per heavy atom. The molecule has 4 N–H and O–H groups in total. The largest absolute Gasteiger partial charge is 0.396 e. The number of aliphatic hydroxyl groups is 1. The van der Waals surface area contributed by atoms with Gasteiger partial charge in [0, 0.05) is 12.1 Å². The van der Waals surface area contributed by atoms with Crippen molar-refractivity contribution < 1.29 is 9.90 Å². The Bertz CT molecular complexity index is 415. The van der Waals surface area contributed by atoms with Gasteiger partial charge in [0.1, 0.15) is 0 Å². The van der Waals surface area contributed by atoms with Gasteiger partial charge in [0.05, 0.1) is 21.8 Å². The average Bonchev–Trinajstić information content (AvgIpc) is 2.34. The molecule has 1 atom stereocenters. The monoisotopic (exact) mass is 290 g/mol. The Labute approximate surface area is 116 Å². The lowest BCUT2D eigenvalue weighted by atomic mass is 10.1. The lowest BCUT2D eigenvalue weighted by Gasteiger charge is -2.10. The van der Waals surface area contributed by atoms with Crippen LogP contribution in [0, 0.1) is 0 Å². The third-order valence-electron chi connectivity index (χ3n) is 2.58. The van der Waals surface area contributed by atoms with Gasteiger partial charge >= 0.3 is 0 Å². The number of hydrogen-bond acceptors (Lipinski definition) is 3. The maximum Gasteiger partial charge on any atom is 0.251 e. The number of amides is 1. The van der Waals surface area contributed by atoms with Crippen LogP contribution in [0.4, 0.5) is 5.69 Å². The Kier molecular flexibility index (Phi) is 5.72. The molecule has 0 saturated carbocycles. The minimum Gasteiger partial charge on any atom is -0.396 e. The molecule has 1 amide bonds. The molecule has 4 nitrogen and oxygen atoms in total. The van der Waals surface area contributed by atoms with E-state index < -0.39 is 6.10 Å². The summed E-state index contributed by atoms with van der Waals surface area (Å²) >= 11 is 11.7. The van der Waals surface area contributed by atoms with Gasteiger partial charge in [-0.2, -0.15) is 0 Å². The molecule has 0 radical (unpaired) electrons. The van der Waals surface area contributed by atoms with Crippen LogP contribution in [0.1, 0.15) is 30.1 Å². The highest BCUT2D eigenvalue weighted by atomic mass is 35.5. The number of carbonyl (C=O) groups excluding carboxylic acids is 1. The second-order valence-corrected chi connectivity index (χ2v) is 4.77. The molecule has 0 bridgehead atoms. The summed E-state index contributed by atoms with van der Waals surface area (Å²) in [6.07, 6.45) is 0.776. The zero-order valence-electron chi connectivity index (χ0n) is 10.0. The molecule has 6 heteroatoms. The van der Waals surface area contributed by atoms with Gasteiger partial charge in [0.15, 0.2) is 0 Å². The second-order valence-electron chi connectivity index (χ2n) is 3.96. The highest BCUT2D eigenvalue weighted by Gasteiger charge is 2.11. The first kappa shape index (κ1) is 15.1. The van der Waals surface area contributed by atoms with E-state index in [0.717, 1.165) is 0 Å². The fourth-order valence-corrected chi connectivity index (χ4v) is 1.86. The highest BCUT2D eigenvalue weighted by Crippen LogP contribution is 2.28. The molecule has 1 aromatic carbocycles. The highest BCUT2D eigenvalue weighted by molar-refractivity contribution is 6.39. The number of hydrogen-bond donors (Lipinski definition) is 3. The molecule has 0 aromatic heterocycles.